The van der Waals surface area contributed by atoms with E-state index >= 15 is 0 Å². The van der Waals surface area contributed by atoms with E-state index in [0.29, 0.717) is 6.54 Å². The van der Waals surface area contributed by atoms with Crippen LogP contribution in [0.25, 0.3) is 5.65 Å². The molecule has 0 bridgehead atoms. The number of carbonyl (C=O) groups excluding carboxylic acids is 1. The molecule has 0 aliphatic carbocycles. The first-order chi connectivity index (χ1) is 13.2. The van der Waals surface area contributed by atoms with Crippen molar-refractivity contribution in [2.24, 2.45) is 0 Å². The van der Waals surface area contributed by atoms with E-state index in [1.807, 2.05) is 71.1 Å². The first kappa shape index (κ1) is 19.7. The number of imidazole rings is 1. The van der Waals surface area contributed by atoms with E-state index in [-0.39, 0.29) is 0 Å². The molecule has 2 heterocycles. The maximum Gasteiger partial charge on any atom is 0.412 e. The second-order valence-electron chi connectivity index (χ2n) is 7.98. The van der Waals surface area contributed by atoms with Crippen molar-refractivity contribution in [3.63, 3.8) is 0 Å². The van der Waals surface area contributed by atoms with Crippen LogP contribution in [0.1, 0.15) is 43.3 Å². The highest BCUT2D eigenvalue weighted by molar-refractivity contribution is 5.86. The van der Waals surface area contributed by atoms with E-state index in [1.165, 1.54) is 0 Å². The number of ether oxygens (including phenoxy) is 1. The number of pyridine rings is 1. The first-order valence-electron chi connectivity index (χ1n) is 9.42. The third kappa shape index (κ3) is 4.27. The molecule has 0 unspecified atom stereocenters. The number of carbonyl (C=O) groups is 1. The number of benzene rings is 1. The fourth-order valence-electron chi connectivity index (χ4n) is 3.09. The van der Waals surface area contributed by atoms with Gasteiger partial charge in [0.15, 0.2) is 5.65 Å². The van der Waals surface area contributed by atoms with Crippen molar-refractivity contribution < 1.29 is 9.53 Å². The van der Waals surface area contributed by atoms with Crippen molar-refractivity contribution in [2.45, 2.75) is 53.7 Å². The van der Waals surface area contributed by atoms with Gasteiger partial charge in [-0.2, -0.15) is 0 Å². The Bertz CT molecular complexity index is 1020. The lowest BCUT2D eigenvalue weighted by molar-refractivity contribution is 0.0636. The SMILES string of the molecule is Cc1cccc(NC(=O)OC(C)(C)C)c1CNc1cccn2c(C)c(C)nc12. The molecule has 0 atom stereocenters. The highest BCUT2D eigenvalue weighted by Crippen LogP contribution is 2.24. The Morgan fingerprint density at radius 1 is 1.11 bits per heavy atom. The molecule has 1 aromatic carbocycles. The molecule has 0 saturated heterocycles. The molecule has 28 heavy (non-hydrogen) atoms. The Labute approximate surface area is 165 Å². The van der Waals surface area contributed by atoms with E-state index in [4.69, 9.17) is 4.74 Å². The summed E-state index contributed by atoms with van der Waals surface area (Å²) in [6.45, 7) is 12.2. The van der Waals surface area contributed by atoms with Gasteiger partial charge >= 0.3 is 6.09 Å². The summed E-state index contributed by atoms with van der Waals surface area (Å²) < 4.78 is 7.47. The van der Waals surface area contributed by atoms with Gasteiger partial charge in [-0.3, -0.25) is 5.32 Å². The van der Waals surface area contributed by atoms with Crippen molar-refractivity contribution in [3.05, 3.63) is 59.0 Å². The summed E-state index contributed by atoms with van der Waals surface area (Å²) in [5, 5.41) is 6.34. The van der Waals surface area contributed by atoms with Crippen molar-refractivity contribution in [3.8, 4) is 0 Å². The first-order valence-corrected chi connectivity index (χ1v) is 9.42. The van der Waals surface area contributed by atoms with Crippen LogP contribution in [0.2, 0.25) is 0 Å². The lowest BCUT2D eigenvalue weighted by Gasteiger charge is -2.21. The third-order valence-electron chi connectivity index (χ3n) is 4.63. The third-order valence-corrected chi connectivity index (χ3v) is 4.63. The average molecular weight is 380 g/mol. The summed E-state index contributed by atoms with van der Waals surface area (Å²) in [5.74, 6) is 0. The van der Waals surface area contributed by atoms with E-state index in [2.05, 4.69) is 26.9 Å². The number of hydrogen-bond acceptors (Lipinski definition) is 4. The van der Waals surface area contributed by atoms with Crippen LogP contribution in [-0.4, -0.2) is 21.1 Å². The molecule has 1 amide bonds. The van der Waals surface area contributed by atoms with Gasteiger partial charge in [-0.1, -0.05) is 12.1 Å². The van der Waals surface area contributed by atoms with Crippen LogP contribution >= 0.6 is 0 Å². The summed E-state index contributed by atoms with van der Waals surface area (Å²) in [6, 6.07) is 9.86. The van der Waals surface area contributed by atoms with Gasteiger partial charge in [-0.25, -0.2) is 9.78 Å². The van der Waals surface area contributed by atoms with Crippen molar-refractivity contribution in [1.82, 2.24) is 9.38 Å². The summed E-state index contributed by atoms with van der Waals surface area (Å²) in [6.07, 6.45) is 1.56. The second-order valence-corrected chi connectivity index (χ2v) is 7.98. The number of hydrogen-bond donors (Lipinski definition) is 2. The molecular formula is C22H28N4O2. The summed E-state index contributed by atoms with van der Waals surface area (Å²) >= 11 is 0. The number of anilines is 2. The molecular weight excluding hydrogens is 352 g/mol. The Morgan fingerprint density at radius 3 is 2.54 bits per heavy atom. The van der Waals surface area contributed by atoms with Crippen LogP contribution < -0.4 is 10.6 Å². The van der Waals surface area contributed by atoms with Crippen LogP contribution in [-0.2, 0) is 11.3 Å². The second kappa shape index (κ2) is 7.54. The lowest BCUT2D eigenvalue weighted by atomic mass is 10.1. The standard InChI is InChI=1S/C22H28N4O2/c1-14-9-7-10-18(25-21(27)28-22(4,5)6)17(14)13-23-19-11-8-12-26-16(3)15(2)24-20(19)26/h7-12,23H,13H2,1-6H3,(H,25,27). The van der Waals surface area contributed by atoms with E-state index < -0.39 is 11.7 Å². The minimum atomic E-state index is -0.543. The average Bonchev–Trinajstić information content (AvgIpc) is 2.88. The van der Waals surface area contributed by atoms with E-state index in [0.717, 1.165) is 39.5 Å². The fraction of sp³-hybridized carbons (Fsp3) is 0.364. The summed E-state index contributed by atoms with van der Waals surface area (Å²) in [4.78, 5) is 16.9. The topological polar surface area (TPSA) is 67.7 Å². The summed E-state index contributed by atoms with van der Waals surface area (Å²) in [7, 11) is 0. The van der Waals surface area contributed by atoms with Gasteiger partial charge in [-0.05, 0) is 70.9 Å². The maximum absolute atomic E-state index is 12.2. The zero-order valence-corrected chi connectivity index (χ0v) is 17.4. The van der Waals surface area contributed by atoms with Gasteiger partial charge in [0.1, 0.15) is 5.60 Å². The summed E-state index contributed by atoms with van der Waals surface area (Å²) in [5.41, 5.74) is 6.28. The van der Waals surface area contributed by atoms with Gasteiger partial charge in [0.05, 0.1) is 11.4 Å². The molecule has 0 saturated carbocycles. The molecule has 148 valence electrons. The van der Waals surface area contributed by atoms with Crippen molar-refractivity contribution in [1.29, 1.82) is 0 Å². The number of rotatable bonds is 4. The molecule has 6 heteroatoms. The molecule has 0 aliphatic heterocycles. The normalized spacial score (nSPS) is 11.5. The van der Waals surface area contributed by atoms with Crippen LogP contribution in [0.4, 0.5) is 16.2 Å². The predicted molar refractivity (Wildman–Crippen MR) is 113 cm³/mol. The number of fused-ring (bicyclic) bond motifs is 1. The number of nitrogens with zero attached hydrogens (tertiary/aromatic N) is 2. The predicted octanol–water partition coefficient (Wildman–Crippen LogP) is 5.22. The van der Waals surface area contributed by atoms with E-state index in [9.17, 15) is 4.79 Å². The quantitative estimate of drug-likeness (QED) is 0.651. The Balaban J connectivity index is 1.84. The smallest absolute Gasteiger partial charge is 0.412 e. The maximum atomic E-state index is 12.2. The van der Waals surface area contributed by atoms with Gasteiger partial charge in [0.25, 0.3) is 0 Å². The zero-order chi connectivity index (χ0) is 20.5. The van der Waals surface area contributed by atoms with Crippen molar-refractivity contribution in [2.75, 3.05) is 10.6 Å². The van der Waals surface area contributed by atoms with E-state index in [1.54, 1.807) is 0 Å². The molecule has 0 aliphatic rings. The lowest BCUT2D eigenvalue weighted by Crippen LogP contribution is -2.27. The largest absolute Gasteiger partial charge is 0.444 e. The molecule has 0 fully saturated rings. The number of aromatic nitrogens is 2. The minimum absolute atomic E-state index is 0.457. The molecule has 3 aromatic rings. The fourth-order valence-corrected chi connectivity index (χ4v) is 3.09. The Hall–Kier alpha value is -3.02. The monoisotopic (exact) mass is 380 g/mol. The van der Waals surface area contributed by atoms with Gasteiger partial charge in [-0.15, -0.1) is 0 Å². The molecule has 0 radical (unpaired) electrons. The molecule has 0 spiro atoms. The number of nitrogens with one attached hydrogen (secondary N) is 2. The highest BCUT2D eigenvalue weighted by Gasteiger charge is 2.18. The van der Waals surface area contributed by atoms with Gasteiger partial charge in [0.2, 0.25) is 0 Å². The van der Waals surface area contributed by atoms with Crippen LogP contribution in [0.15, 0.2) is 36.5 Å². The molecule has 6 nitrogen and oxygen atoms in total. The number of amides is 1. The van der Waals surface area contributed by atoms with Crippen LogP contribution in [0.5, 0.6) is 0 Å². The highest BCUT2D eigenvalue weighted by atomic mass is 16.6. The Morgan fingerprint density at radius 2 is 1.82 bits per heavy atom. The van der Waals surface area contributed by atoms with Gasteiger partial charge in [0, 0.05) is 24.1 Å². The molecule has 3 rings (SSSR count). The number of aryl methyl sites for hydroxylation is 3. The minimum Gasteiger partial charge on any atom is -0.444 e. The van der Waals surface area contributed by atoms with Crippen LogP contribution in [0, 0.1) is 20.8 Å². The van der Waals surface area contributed by atoms with Gasteiger partial charge < -0.3 is 14.5 Å². The van der Waals surface area contributed by atoms with Crippen molar-refractivity contribution >= 4 is 23.1 Å². The molecule has 2 aromatic heterocycles. The zero-order valence-electron chi connectivity index (χ0n) is 17.4. The van der Waals surface area contributed by atoms with Crippen LogP contribution in [0.3, 0.4) is 0 Å². The molecule has 2 N–H and O–H groups in total. The Kier molecular flexibility index (Phi) is 5.31.